The van der Waals surface area contributed by atoms with E-state index in [9.17, 15) is 0 Å². The zero-order valence-electron chi connectivity index (χ0n) is 11.7. The summed E-state index contributed by atoms with van der Waals surface area (Å²) in [6, 6.07) is 4.22. The number of nitrogens with zero attached hydrogens (tertiary/aromatic N) is 3. The summed E-state index contributed by atoms with van der Waals surface area (Å²) in [5, 5.41) is 9.89. The van der Waals surface area contributed by atoms with E-state index in [1.165, 1.54) is 4.88 Å². The number of rotatable bonds is 8. The lowest BCUT2D eigenvalue weighted by Gasteiger charge is -2.17. The van der Waals surface area contributed by atoms with Gasteiger partial charge in [-0.1, -0.05) is 19.9 Å². The normalized spacial score (nSPS) is 11.1. The van der Waals surface area contributed by atoms with Gasteiger partial charge in [-0.05, 0) is 24.5 Å². The van der Waals surface area contributed by atoms with Crippen molar-refractivity contribution in [2.75, 3.05) is 25.0 Å². The van der Waals surface area contributed by atoms with Crippen LogP contribution in [0.25, 0.3) is 0 Å². The lowest BCUT2D eigenvalue weighted by molar-refractivity contribution is 0.285. The van der Waals surface area contributed by atoms with E-state index >= 15 is 0 Å². The number of thiophene rings is 1. The molecule has 1 N–H and O–H groups in total. The summed E-state index contributed by atoms with van der Waals surface area (Å²) in [7, 11) is 0. The molecule has 0 radical (unpaired) electrons. The van der Waals surface area contributed by atoms with Crippen molar-refractivity contribution in [3.8, 4) is 0 Å². The van der Waals surface area contributed by atoms with E-state index in [2.05, 4.69) is 52.9 Å². The summed E-state index contributed by atoms with van der Waals surface area (Å²) in [5.74, 6) is 0. The third-order valence-electron chi connectivity index (χ3n) is 3.22. The Bertz CT molecular complexity index is 460. The SMILES string of the molecule is CCN(CC)CCn1cc(NCc2cccs2)cn1. The lowest BCUT2D eigenvalue weighted by atomic mass is 10.4. The first-order chi connectivity index (χ1) is 9.31. The van der Waals surface area contributed by atoms with E-state index < -0.39 is 0 Å². The molecule has 2 rings (SSSR count). The molecule has 0 spiro atoms. The first-order valence-corrected chi connectivity index (χ1v) is 7.70. The van der Waals surface area contributed by atoms with Crippen LogP contribution in [-0.4, -0.2) is 34.3 Å². The van der Waals surface area contributed by atoms with Gasteiger partial charge in [-0.2, -0.15) is 5.10 Å². The summed E-state index contributed by atoms with van der Waals surface area (Å²) in [6.45, 7) is 9.46. The number of anilines is 1. The minimum Gasteiger partial charge on any atom is -0.378 e. The molecule has 0 fully saturated rings. The zero-order chi connectivity index (χ0) is 13.5. The summed E-state index contributed by atoms with van der Waals surface area (Å²) < 4.78 is 2.01. The molecule has 0 unspecified atom stereocenters. The maximum atomic E-state index is 4.39. The highest BCUT2D eigenvalue weighted by Gasteiger charge is 2.02. The quantitative estimate of drug-likeness (QED) is 0.806. The Balaban J connectivity index is 1.78. The third kappa shape index (κ3) is 4.36. The van der Waals surface area contributed by atoms with E-state index in [0.717, 1.165) is 38.4 Å². The fraction of sp³-hybridized carbons (Fsp3) is 0.500. The van der Waals surface area contributed by atoms with Crippen molar-refractivity contribution < 1.29 is 0 Å². The van der Waals surface area contributed by atoms with Gasteiger partial charge in [-0.15, -0.1) is 11.3 Å². The van der Waals surface area contributed by atoms with Crippen molar-refractivity contribution in [3.05, 3.63) is 34.8 Å². The molecular weight excluding hydrogens is 256 g/mol. The predicted molar refractivity (Wildman–Crippen MR) is 81.7 cm³/mol. The molecule has 2 aromatic heterocycles. The molecule has 2 aromatic rings. The molecule has 0 bridgehead atoms. The van der Waals surface area contributed by atoms with E-state index in [0.29, 0.717) is 0 Å². The maximum Gasteiger partial charge on any atom is 0.0729 e. The van der Waals surface area contributed by atoms with Gasteiger partial charge < -0.3 is 10.2 Å². The van der Waals surface area contributed by atoms with Crippen LogP contribution in [0.5, 0.6) is 0 Å². The second-order valence-corrected chi connectivity index (χ2v) is 5.48. The van der Waals surface area contributed by atoms with Crippen molar-refractivity contribution in [2.45, 2.75) is 26.9 Å². The lowest BCUT2D eigenvalue weighted by Crippen LogP contribution is -2.27. The molecule has 0 atom stereocenters. The largest absolute Gasteiger partial charge is 0.378 e. The minimum atomic E-state index is 0.874. The van der Waals surface area contributed by atoms with E-state index in [4.69, 9.17) is 0 Å². The number of nitrogens with one attached hydrogen (secondary N) is 1. The van der Waals surface area contributed by atoms with Gasteiger partial charge in [0, 0.05) is 24.2 Å². The van der Waals surface area contributed by atoms with Crippen LogP contribution in [-0.2, 0) is 13.1 Å². The van der Waals surface area contributed by atoms with Crippen LogP contribution in [0.1, 0.15) is 18.7 Å². The minimum absolute atomic E-state index is 0.874. The molecule has 0 aliphatic heterocycles. The Morgan fingerprint density at radius 3 is 2.89 bits per heavy atom. The van der Waals surface area contributed by atoms with Gasteiger partial charge in [0.1, 0.15) is 0 Å². The van der Waals surface area contributed by atoms with Crippen LogP contribution < -0.4 is 5.32 Å². The highest BCUT2D eigenvalue weighted by molar-refractivity contribution is 7.09. The predicted octanol–water partition coefficient (Wildman–Crippen LogP) is 2.90. The molecule has 0 amide bonds. The summed E-state index contributed by atoms with van der Waals surface area (Å²) in [5.41, 5.74) is 1.09. The van der Waals surface area contributed by atoms with Gasteiger partial charge >= 0.3 is 0 Å². The van der Waals surface area contributed by atoms with Gasteiger partial charge in [0.2, 0.25) is 0 Å². The monoisotopic (exact) mass is 278 g/mol. The van der Waals surface area contributed by atoms with Crippen molar-refractivity contribution in [3.63, 3.8) is 0 Å². The molecule has 5 heteroatoms. The molecule has 2 heterocycles. The van der Waals surface area contributed by atoms with Crippen molar-refractivity contribution in [1.82, 2.24) is 14.7 Å². The Labute approximate surface area is 119 Å². The Kier molecular flexibility index (Phi) is 5.42. The average Bonchev–Trinajstić information content (AvgIpc) is 3.09. The van der Waals surface area contributed by atoms with Crippen LogP contribution in [0.2, 0.25) is 0 Å². The van der Waals surface area contributed by atoms with E-state index in [-0.39, 0.29) is 0 Å². The topological polar surface area (TPSA) is 33.1 Å². The molecule has 0 saturated heterocycles. The highest BCUT2D eigenvalue weighted by Crippen LogP contribution is 2.12. The number of aromatic nitrogens is 2. The van der Waals surface area contributed by atoms with Crippen LogP contribution in [0, 0.1) is 0 Å². The Hall–Kier alpha value is -1.33. The first kappa shape index (κ1) is 14.1. The van der Waals surface area contributed by atoms with Crippen LogP contribution in [0.15, 0.2) is 29.9 Å². The van der Waals surface area contributed by atoms with Crippen molar-refractivity contribution in [1.29, 1.82) is 0 Å². The Morgan fingerprint density at radius 1 is 1.37 bits per heavy atom. The summed E-state index contributed by atoms with van der Waals surface area (Å²) in [4.78, 5) is 3.75. The van der Waals surface area contributed by atoms with E-state index in [1.807, 2.05) is 10.9 Å². The maximum absolute atomic E-state index is 4.39. The highest BCUT2D eigenvalue weighted by atomic mass is 32.1. The molecule has 0 aliphatic rings. The van der Waals surface area contributed by atoms with Crippen LogP contribution in [0.4, 0.5) is 5.69 Å². The standard InChI is InChI=1S/C14H22N4S/c1-3-17(4-2)7-8-18-12-13(10-16-18)15-11-14-6-5-9-19-14/h5-6,9-10,12,15H,3-4,7-8,11H2,1-2H3. The number of hydrogen-bond donors (Lipinski definition) is 1. The van der Waals surface area contributed by atoms with Crippen molar-refractivity contribution >= 4 is 17.0 Å². The molecule has 19 heavy (non-hydrogen) atoms. The molecular formula is C14H22N4S. The fourth-order valence-electron chi connectivity index (χ4n) is 1.96. The third-order valence-corrected chi connectivity index (χ3v) is 4.10. The second kappa shape index (κ2) is 7.31. The van der Waals surface area contributed by atoms with Crippen molar-refractivity contribution in [2.24, 2.45) is 0 Å². The van der Waals surface area contributed by atoms with Gasteiger partial charge in [0.05, 0.1) is 18.4 Å². The number of hydrogen-bond acceptors (Lipinski definition) is 4. The average molecular weight is 278 g/mol. The molecule has 104 valence electrons. The second-order valence-electron chi connectivity index (χ2n) is 4.45. The van der Waals surface area contributed by atoms with Gasteiger partial charge in [-0.25, -0.2) is 0 Å². The van der Waals surface area contributed by atoms with E-state index in [1.54, 1.807) is 11.3 Å². The van der Waals surface area contributed by atoms with Crippen LogP contribution >= 0.6 is 11.3 Å². The smallest absolute Gasteiger partial charge is 0.0729 e. The Morgan fingerprint density at radius 2 is 2.21 bits per heavy atom. The zero-order valence-corrected chi connectivity index (χ0v) is 12.5. The summed E-state index contributed by atoms with van der Waals surface area (Å²) >= 11 is 1.77. The molecule has 0 aliphatic carbocycles. The summed E-state index contributed by atoms with van der Waals surface area (Å²) in [6.07, 6.45) is 3.98. The molecule has 0 saturated carbocycles. The van der Waals surface area contributed by atoms with Gasteiger partial charge in [0.25, 0.3) is 0 Å². The molecule has 4 nitrogen and oxygen atoms in total. The van der Waals surface area contributed by atoms with Crippen LogP contribution in [0.3, 0.4) is 0 Å². The fourth-order valence-corrected chi connectivity index (χ4v) is 2.61. The van der Waals surface area contributed by atoms with Gasteiger partial charge in [-0.3, -0.25) is 4.68 Å². The molecule has 0 aromatic carbocycles. The van der Waals surface area contributed by atoms with Gasteiger partial charge in [0.15, 0.2) is 0 Å². The number of likely N-dealkylation sites (N-methyl/N-ethyl adjacent to an activating group) is 1. The first-order valence-electron chi connectivity index (χ1n) is 6.83.